The molecule has 0 unspecified atom stereocenters. The highest BCUT2D eigenvalue weighted by Crippen LogP contribution is 2.36. The first-order chi connectivity index (χ1) is 14.1. The van der Waals surface area contributed by atoms with Crippen molar-refractivity contribution in [2.24, 2.45) is 5.92 Å². The first-order valence-corrected chi connectivity index (χ1v) is 10.8. The number of ether oxygens (including phenoxy) is 2. The van der Waals surface area contributed by atoms with Crippen molar-refractivity contribution in [3.05, 3.63) is 12.2 Å². The lowest BCUT2D eigenvalue weighted by molar-refractivity contribution is -0.160. The Kier molecular flexibility index (Phi) is 9.26. The molecule has 0 radical (unpaired) electrons. The Labute approximate surface area is 185 Å². The summed E-state index contributed by atoms with van der Waals surface area (Å²) in [5.74, 6) is -1.02. The van der Waals surface area contributed by atoms with Crippen LogP contribution in [0.25, 0.3) is 0 Å². The summed E-state index contributed by atoms with van der Waals surface area (Å²) in [6, 6.07) is -1.20. The fourth-order valence-corrected chi connectivity index (χ4v) is 3.55. The molecule has 1 aliphatic heterocycles. The summed E-state index contributed by atoms with van der Waals surface area (Å²) in [4.78, 5) is 50.8. The third-order valence-corrected chi connectivity index (χ3v) is 4.66. The molecule has 1 heterocycles. The van der Waals surface area contributed by atoms with E-state index in [9.17, 15) is 19.2 Å². The predicted octanol–water partition coefficient (Wildman–Crippen LogP) is 3.38. The summed E-state index contributed by atoms with van der Waals surface area (Å²) < 4.78 is 11.2. The van der Waals surface area contributed by atoms with E-state index < -0.39 is 35.3 Å². The van der Waals surface area contributed by atoms with Crippen LogP contribution in [-0.2, 0) is 23.9 Å². The van der Waals surface area contributed by atoms with Gasteiger partial charge in [-0.15, -0.1) is 0 Å². The minimum absolute atomic E-state index is 0.0573. The number of rotatable bonds is 7. The zero-order chi connectivity index (χ0) is 24.0. The largest absolute Gasteiger partial charge is 0.458 e. The second-order valence-corrected chi connectivity index (χ2v) is 9.92. The fraction of sp³-hybridized carbons (Fsp3) is 0.739. The molecule has 0 aromatic carbocycles. The summed E-state index contributed by atoms with van der Waals surface area (Å²) in [5, 5.41) is 2.49. The van der Waals surface area contributed by atoms with Crippen LogP contribution in [0.3, 0.4) is 0 Å². The minimum Gasteiger partial charge on any atom is -0.458 e. The molecular formula is C23H38N2O6. The SMILES string of the molecule is CC=C[C@@H]1C[C@H](C(=O)OC(C)(C)C)N(C(=O)OC(C)(C)C)[C@@H]1CCC(=O)CNC(C)=O. The number of ketones is 1. The molecule has 2 amide bonds. The Balaban J connectivity index is 3.15. The summed E-state index contributed by atoms with van der Waals surface area (Å²) in [6.07, 6.45) is 4.13. The van der Waals surface area contributed by atoms with Crippen molar-refractivity contribution in [1.29, 1.82) is 0 Å². The first-order valence-electron chi connectivity index (χ1n) is 10.8. The second-order valence-electron chi connectivity index (χ2n) is 9.92. The van der Waals surface area contributed by atoms with Crippen LogP contribution in [0.4, 0.5) is 4.79 Å². The lowest BCUT2D eigenvalue weighted by atomic mass is 9.94. The van der Waals surface area contributed by atoms with Gasteiger partial charge < -0.3 is 14.8 Å². The van der Waals surface area contributed by atoms with Crippen LogP contribution < -0.4 is 5.32 Å². The molecule has 0 bridgehead atoms. The van der Waals surface area contributed by atoms with Crippen molar-refractivity contribution in [3.8, 4) is 0 Å². The van der Waals surface area contributed by atoms with Crippen LogP contribution in [0.15, 0.2) is 12.2 Å². The highest BCUT2D eigenvalue weighted by atomic mass is 16.6. The number of allylic oxidation sites excluding steroid dienone is 1. The quantitative estimate of drug-likeness (QED) is 0.483. The van der Waals surface area contributed by atoms with E-state index in [0.29, 0.717) is 12.8 Å². The third-order valence-electron chi connectivity index (χ3n) is 4.66. The average molecular weight is 439 g/mol. The van der Waals surface area contributed by atoms with Crippen LogP contribution in [-0.4, -0.2) is 58.5 Å². The molecule has 1 rings (SSSR count). The lowest BCUT2D eigenvalue weighted by Crippen LogP contribution is -2.49. The molecule has 8 heteroatoms. The van der Waals surface area contributed by atoms with Gasteiger partial charge in [-0.1, -0.05) is 12.2 Å². The summed E-state index contributed by atoms with van der Waals surface area (Å²) in [6.45, 7) is 13.8. The number of amides is 2. The van der Waals surface area contributed by atoms with E-state index in [1.807, 2.05) is 19.1 Å². The van der Waals surface area contributed by atoms with Gasteiger partial charge in [-0.2, -0.15) is 0 Å². The highest BCUT2D eigenvalue weighted by molar-refractivity contribution is 5.85. The Bertz CT molecular complexity index is 702. The smallest absolute Gasteiger partial charge is 0.411 e. The summed E-state index contributed by atoms with van der Waals surface area (Å²) in [5.41, 5.74) is -1.43. The fourth-order valence-electron chi connectivity index (χ4n) is 3.55. The van der Waals surface area contributed by atoms with Crippen molar-refractivity contribution >= 4 is 23.8 Å². The van der Waals surface area contributed by atoms with E-state index in [4.69, 9.17) is 9.47 Å². The third kappa shape index (κ3) is 9.11. The molecule has 1 saturated heterocycles. The van der Waals surface area contributed by atoms with Crippen LogP contribution in [0, 0.1) is 5.92 Å². The van der Waals surface area contributed by atoms with Gasteiger partial charge >= 0.3 is 12.1 Å². The van der Waals surface area contributed by atoms with Crippen molar-refractivity contribution < 1.29 is 28.7 Å². The van der Waals surface area contributed by atoms with E-state index in [-0.39, 0.29) is 30.6 Å². The summed E-state index contributed by atoms with van der Waals surface area (Å²) in [7, 11) is 0. The Hall–Kier alpha value is -2.38. The number of hydrogen-bond donors (Lipinski definition) is 1. The van der Waals surface area contributed by atoms with Gasteiger partial charge in [0.1, 0.15) is 17.2 Å². The van der Waals surface area contributed by atoms with Crippen molar-refractivity contribution in [3.63, 3.8) is 0 Å². The van der Waals surface area contributed by atoms with Gasteiger partial charge in [0.15, 0.2) is 5.78 Å². The van der Waals surface area contributed by atoms with Gasteiger partial charge in [-0.25, -0.2) is 9.59 Å². The molecule has 0 spiro atoms. The topological polar surface area (TPSA) is 102 Å². The van der Waals surface area contributed by atoms with Gasteiger partial charge in [0.05, 0.1) is 6.54 Å². The van der Waals surface area contributed by atoms with Gasteiger partial charge in [0, 0.05) is 19.4 Å². The monoisotopic (exact) mass is 438 g/mol. The van der Waals surface area contributed by atoms with Gasteiger partial charge in [-0.3, -0.25) is 14.5 Å². The Morgan fingerprint density at radius 2 is 1.61 bits per heavy atom. The normalized spacial score (nSPS) is 21.8. The standard InChI is InChI=1S/C23H38N2O6/c1-9-10-16-13-19(20(28)30-22(3,4)5)25(21(29)31-23(6,7)8)18(16)12-11-17(27)14-24-15(2)26/h9-10,16,18-19H,11-14H2,1-8H3,(H,24,26)/t16-,18-,19-/m1/s1. The second kappa shape index (κ2) is 10.8. The zero-order valence-electron chi connectivity index (χ0n) is 20.1. The number of nitrogens with one attached hydrogen (secondary N) is 1. The Morgan fingerprint density at radius 3 is 2.10 bits per heavy atom. The summed E-state index contributed by atoms with van der Waals surface area (Å²) >= 11 is 0. The molecule has 0 saturated carbocycles. The average Bonchev–Trinajstić information content (AvgIpc) is 2.94. The molecule has 8 nitrogen and oxygen atoms in total. The maximum Gasteiger partial charge on any atom is 0.411 e. The number of likely N-dealkylation sites (tertiary alicyclic amines) is 1. The minimum atomic E-state index is -0.800. The maximum atomic E-state index is 13.1. The zero-order valence-corrected chi connectivity index (χ0v) is 20.1. The van der Waals surface area contributed by atoms with Crippen LogP contribution in [0.5, 0.6) is 0 Å². The maximum absolute atomic E-state index is 13.1. The van der Waals surface area contributed by atoms with Crippen molar-refractivity contribution in [1.82, 2.24) is 10.2 Å². The molecule has 31 heavy (non-hydrogen) atoms. The molecule has 1 N–H and O–H groups in total. The van der Waals surface area contributed by atoms with Gasteiger partial charge in [0.2, 0.25) is 5.91 Å². The van der Waals surface area contributed by atoms with Gasteiger partial charge in [-0.05, 0) is 67.2 Å². The van der Waals surface area contributed by atoms with Crippen LogP contribution >= 0.6 is 0 Å². The number of carbonyl (C=O) groups excluding carboxylic acids is 4. The van der Waals surface area contributed by atoms with Crippen molar-refractivity contribution in [2.75, 3.05) is 6.54 Å². The lowest BCUT2D eigenvalue weighted by Gasteiger charge is -2.33. The van der Waals surface area contributed by atoms with E-state index in [2.05, 4.69) is 5.32 Å². The van der Waals surface area contributed by atoms with E-state index >= 15 is 0 Å². The molecular weight excluding hydrogens is 400 g/mol. The number of Topliss-reactive ketones (excluding diaryl/α,β-unsaturated/α-hetero) is 1. The molecule has 0 aromatic rings. The van der Waals surface area contributed by atoms with Crippen LogP contribution in [0.2, 0.25) is 0 Å². The molecule has 1 aliphatic rings. The molecule has 3 atom stereocenters. The van der Waals surface area contributed by atoms with Crippen LogP contribution in [0.1, 0.15) is 74.7 Å². The number of carbonyl (C=O) groups is 4. The molecule has 1 fully saturated rings. The number of esters is 1. The predicted molar refractivity (Wildman–Crippen MR) is 117 cm³/mol. The number of nitrogens with zero attached hydrogens (tertiary/aromatic N) is 1. The molecule has 176 valence electrons. The van der Waals surface area contributed by atoms with Gasteiger partial charge in [0.25, 0.3) is 0 Å². The number of hydrogen-bond acceptors (Lipinski definition) is 6. The van der Waals surface area contributed by atoms with E-state index in [1.54, 1.807) is 41.5 Å². The molecule has 0 aliphatic carbocycles. The van der Waals surface area contributed by atoms with Crippen molar-refractivity contribution in [2.45, 2.75) is 97.9 Å². The highest BCUT2D eigenvalue weighted by Gasteiger charge is 2.48. The Morgan fingerprint density at radius 1 is 1.03 bits per heavy atom. The molecule has 0 aromatic heterocycles. The van der Waals surface area contributed by atoms with E-state index in [0.717, 1.165) is 0 Å². The first kappa shape index (κ1) is 26.7. The van der Waals surface area contributed by atoms with E-state index in [1.165, 1.54) is 11.8 Å².